The summed E-state index contributed by atoms with van der Waals surface area (Å²) >= 11 is 0. The summed E-state index contributed by atoms with van der Waals surface area (Å²) in [6.07, 6.45) is 13.3. The molecule has 0 aromatic heterocycles. The third-order valence-electron chi connectivity index (χ3n) is 5.18. The van der Waals surface area contributed by atoms with Gasteiger partial charge in [-0.2, -0.15) is 0 Å². The molecule has 5 unspecified atom stereocenters. The molecule has 18 heavy (non-hydrogen) atoms. The summed E-state index contributed by atoms with van der Waals surface area (Å²) in [7, 11) is 0. The Hall–Kier alpha value is -0.340. The Morgan fingerprint density at radius 1 is 1.28 bits per heavy atom. The highest BCUT2D eigenvalue weighted by Crippen LogP contribution is 2.44. The standard InChI is InChI=1S/C16H27NO/c1-12(16-11-13-5-6-14(16)10-13)17-8-7-15-4-2-3-9-18-15/h5-6,12-17H,2-4,7-11H2,1H3. The first-order valence-electron chi connectivity index (χ1n) is 7.86. The molecule has 2 fully saturated rings. The second-order valence-corrected chi connectivity index (χ2v) is 6.46. The van der Waals surface area contributed by atoms with Crippen LogP contribution in [-0.4, -0.2) is 25.3 Å². The molecule has 3 rings (SSSR count). The smallest absolute Gasteiger partial charge is 0.0587 e. The molecule has 0 aromatic rings. The first-order valence-corrected chi connectivity index (χ1v) is 7.86. The summed E-state index contributed by atoms with van der Waals surface area (Å²) in [4.78, 5) is 0. The van der Waals surface area contributed by atoms with Crippen LogP contribution < -0.4 is 5.32 Å². The van der Waals surface area contributed by atoms with Crippen molar-refractivity contribution in [2.75, 3.05) is 13.2 Å². The van der Waals surface area contributed by atoms with Crippen LogP contribution in [0.2, 0.25) is 0 Å². The average Bonchev–Trinajstić information content (AvgIpc) is 3.02. The lowest BCUT2D eigenvalue weighted by Crippen LogP contribution is -2.37. The predicted octanol–water partition coefficient (Wildman–Crippen LogP) is 3.14. The van der Waals surface area contributed by atoms with E-state index in [0.717, 1.165) is 30.9 Å². The lowest BCUT2D eigenvalue weighted by molar-refractivity contribution is 0.0109. The molecule has 1 heterocycles. The number of ether oxygens (including phenoxy) is 1. The van der Waals surface area contributed by atoms with Gasteiger partial charge >= 0.3 is 0 Å². The molecule has 2 heteroatoms. The molecule has 1 N–H and O–H groups in total. The number of hydrogen-bond donors (Lipinski definition) is 1. The van der Waals surface area contributed by atoms with E-state index in [1.807, 2.05) is 0 Å². The minimum atomic E-state index is 0.526. The lowest BCUT2D eigenvalue weighted by Gasteiger charge is -2.28. The predicted molar refractivity (Wildman–Crippen MR) is 74.5 cm³/mol. The monoisotopic (exact) mass is 249 g/mol. The number of fused-ring (bicyclic) bond motifs is 2. The summed E-state index contributed by atoms with van der Waals surface area (Å²) in [5.74, 6) is 2.64. The third kappa shape index (κ3) is 2.80. The van der Waals surface area contributed by atoms with E-state index >= 15 is 0 Å². The van der Waals surface area contributed by atoms with Crippen LogP contribution in [0.15, 0.2) is 12.2 Å². The van der Waals surface area contributed by atoms with Crippen LogP contribution >= 0.6 is 0 Å². The van der Waals surface area contributed by atoms with Gasteiger partial charge in [-0.15, -0.1) is 0 Å². The Morgan fingerprint density at radius 3 is 2.89 bits per heavy atom. The van der Waals surface area contributed by atoms with Gasteiger partial charge in [-0.25, -0.2) is 0 Å². The fourth-order valence-electron chi connectivity index (χ4n) is 4.06. The molecule has 1 saturated carbocycles. The van der Waals surface area contributed by atoms with Gasteiger partial charge in [-0.3, -0.25) is 0 Å². The van der Waals surface area contributed by atoms with Crippen molar-refractivity contribution in [3.63, 3.8) is 0 Å². The van der Waals surface area contributed by atoms with Gasteiger partial charge in [0.1, 0.15) is 0 Å². The normalized spacial score (nSPS) is 40.3. The molecule has 0 aromatic carbocycles. The van der Waals surface area contributed by atoms with Crippen molar-refractivity contribution in [2.45, 2.75) is 57.6 Å². The molecule has 5 atom stereocenters. The van der Waals surface area contributed by atoms with Gasteiger partial charge in [0.05, 0.1) is 6.10 Å². The highest BCUT2D eigenvalue weighted by Gasteiger charge is 2.38. The molecule has 102 valence electrons. The zero-order valence-corrected chi connectivity index (χ0v) is 11.6. The quantitative estimate of drug-likeness (QED) is 0.756. The first kappa shape index (κ1) is 12.7. The number of allylic oxidation sites excluding steroid dienone is 2. The molecule has 1 aliphatic heterocycles. The summed E-state index contributed by atoms with van der Waals surface area (Å²) in [5.41, 5.74) is 0. The van der Waals surface area contributed by atoms with E-state index in [-0.39, 0.29) is 0 Å². The molecule has 0 spiro atoms. The van der Waals surface area contributed by atoms with Gasteiger partial charge in [0.15, 0.2) is 0 Å². The summed E-state index contributed by atoms with van der Waals surface area (Å²) in [5, 5.41) is 3.74. The fraction of sp³-hybridized carbons (Fsp3) is 0.875. The maximum atomic E-state index is 5.78. The third-order valence-corrected chi connectivity index (χ3v) is 5.18. The maximum absolute atomic E-state index is 5.78. The molecule has 1 saturated heterocycles. The zero-order valence-electron chi connectivity index (χ0n) is 11.6. The fourth-order valence-corrected chi connectivity index (χ4v) is 4.06. The molecule has 0 radical (unpaired) electrons. The minimum absolute atomic E-state index is 0.526. The number of nitrogens with one attached hydrogen (secondary N) is 1. The van der Waals surface area contributed by atoms with Crippen molar-refractivity contribution in [3.05, 3.63) is 12.2 Å². The highest BCUT2D eigenvalue weighted by molar-refractivity contribution is 5.11. The Balaban J connectivity index is 1.36. The SMILES string of the molecule is CC(NCCC1CCCCO1)C1CC2C=CC1C2. The van der Waals surface area contributed by atoms with E-state index in [4.69, 9.17) is 4.74 Å². The van der Waals surface area contributed by atoms with Gasteiger partial charge < -0.3 is 10.1 Å². The number of hydrogen-bond acceptors (Lipinski definition) is 2. The summed E-state index contributed by atoms with van der Waals surface area (Å²) in [6.45, 7) is 4.49. The highest BCUT2D eigenvalue weighted by atomic mass is 16.5. The molecule has 3 aliphatic rings. The van der Waals surface area contributed by atoms with Gasteiger partial charge in [0.2, 0.25) is 0 Å². The zero-order chi connectivity index (χ0) is 12.4. The van der Waals surface area contributed by atoms with Crippen LogP contribution in [0.1, 0.15) is 45.4 Å². The second kappa shape index (κ2) is 5.75. The molecule has 2 nitrogen and oxygen atoms in total. The second-order valence-electron chi connectivity index (χ2n) is 6.46. The minimum Gasteiger partial charge on any atom is -0.378 e. The van der Waals surface area contributed by atoms with E-state index in [1.54, 1.807) is 0 Å². The van der Waals surface area contributed by atoms with E-state index in [2.05, 4.69) is 24.4 Å². The van der Waals surface area contributed by atoms with Gasteiger partial charge in [-0.05, 0) is 69.7 Å². The van der Waals surface area contributed by atoms with Crippen molar-refractivity contribution in [3.8, 4) is 0 Å². The van der Waals surface area contributed by atoms with Crippen LogP contribution in [0, 0.1) is 17.8 Å². The van der Waals surface area contributed by atoms with Gasteiger partial charge in [0.25, 0.3) is 0 Å². The Kier molecular flexibility index (Phi) is 4.05. The van der Waals surface area contributed by atoms with E-state index in [1.165, 1.54) is 38.5 Å². The van der Waals surface area contributed by atoms with Crippen molar-refractivity contribution in [1.29, 1.82) is 0 Å². The van der Waals surface area contributed by atoms with E-state index in [9.17, 15) is 0 Å². The Bertz CT molecular complexity index is 295. The molecule has 2 bridgehead atoms. The maximum Gasteiger partial charge on any atom is 0.0587 e. The number of rotatable bonds is 5. The van der Waals surface area contributed by atoms with Crippen LogP contribution in [0.25, 0.3) is 0 Å². The Labute approximate surface area is 111 Å². The van der Waals surface area contributed by atoms with Crippen molar-refractivity contribution in [1.82, 2.24) is 5.32 Å². The average molecular weight is 249 g/mol. The van der Waals surface area contributed by atoms with Crippen LogP contribution in [-0.2, 0) is 4.74 Å². The van der Waals surface area contributed by atoms with Crippen molar-refractivity contribution < 1.29 is 4.74 Å². The van der Waals surface area contributed by atoms with E-state index < -0.39 is 0 Å². The first-order chi connectivity index (χ1) is 8.83. The van der Waals surface area contributed by atoms with E-state index in [0.29, 0.717) is 12.1 Å². The van der Waals surface area contributed by atoms with Gasteiger partial charge in [0, 0.05) is 12.6 Å². The largest absolute Gasteiger partial charge is 0.378 e. The van der Waals surface area contributed by atoms with Gasteiger partial charge in [-0.1, -0.05) is 12.2 Å². The van der Waals surface area contributed by atoms with Crippen LogP contribution in [0.4, 0.5) is 0 Å². The van der Waals surface area contributed by atoms with Crippen molar-refractivity contribution >= 4 is 0 Å². The molecular formula is C16H27NO. The van der Waals surface area contributed by atoms with Crippen molar-refractivity contribution in [2.24, 2.45) is 17.8 Å². The molecule has 0 amide bonds. The molecule has 2 aliphatic carbocycles. The lowest BCUT2D eigenvalue weighted by atomic mass is 9.87. The summed E-state index contributed by atoms with van der Waals surface area (Å²) < 4.78 is 5.78. The topological polar surface area (TPSA) is 21.3 Å². The van der Waals surface area contributed by atoms with Crippen LogP contribution in [0.5, 0.6) is 0 Å². The van der Waals surface area contributed by atoms with Crippen LogP contribution in [0.3, 0.4) is 0 Å². The Morgan fingerprint density at radius 2 is 2.22 bits per heavy atom. The molecular weight excluding hydrogens is 222 g/mol. The summed E-state index contributed by atoms with van der Waals surface area (Å²) in [6, 6.07) is 0.675.